The second kappa shape index (κ2) is 7.51. The van der Waals surface area contributed by atoms with Crippen LogP contribution in [0.3, 0.4) is 0 Å². The van der Waals surface area contributed by atoms with Crippen molar-refractivity contribution in [3.05, 3.63) is 35.4 Å². The molecule has 1 aromatic carbocycles. The maximum atomic E-state index is 11.6. The van der Waals surface area contributed by atoms with Crippen molar-refractivity contribution < 1.29 is 14.3 Å². The van der Waals surface area contributed by atoms with Crippen LogP contribution in [0, 0.1) is 6.92 Å². The molecule has 24 heavy (non-hydrogen) atoms. The monoisotopic (exact) mass is 330 g/mol. The van der Waals surface area contributed by atoms with Crippen LogP contribution < -0.4 is 4.74 Å². The highest BCUT2D eigenvalue weighted by Gasteiger charge is 2.16. The summed E-state index contributed by atoms with van der Waals surface area (Å²) in [6.45, 7) is 9.05. The van der Waals surface area contributed by atoms with E-state index in [1.165, 1.54) is 11.1 Å². The first kappa shape index (κ1) is 18.0. The third-order valence-electron chi connectivity index (χ3n) is 3.74. The van der Waals surface area contributed by atoms with Crippen molar-refractivity contribution in [3.63, 3.8) is 0 Å². The number of carbonyl (C=O) groups excluding carboxylic acids is 1. The number of aliphatic imine (C=N–C) groups is 1. The van der Waals surface area contributed by atoms with Gasteiger partial charge in [-0.25, -0.2) is 4.79 Å². The molecule has 5 heteroatoms. The summed E-state index contributed by atoms with van der Waals surface area (Å²) in [6.07, 6.45) is 4.07. The van der Waals surface area contributed by atoms with Gasteiger partial charge in [0.25, 0.3) is 0 Å². The van der Waals surface area contributed by atoms with E-state index >= 15 is 0 Å². The Labute approximate surface area is 144 Å². The predicted octanol–water partition coefficient (Wildman–Crippen LogP) is 4.06. The van der Waals surface area contributed by atoms with Crippen LogP contribution in [0.4, 0.5) is 4.79 Å². The highest BCUT2D eigenvalue weighted by Crippen LogP contribution is 2.27. The first-order valence-corrected chi connectivity index (χ1v) is 8.14. The van der Waals surface area contributed by atoms with Gasteiger partial charge >= 0.3 is 6.09 Å². The van der Waals surface area contributed by atoms with Crippen molar-refractivity contribution in [2.45, 2.75) is 39.7 Å². The lowest BCUT2D eigenvalue weighted by molar-refractivity contribution is 0.0603. The summed E-state index contributed by atoms with van der Waals surface area (Å²) < 4.78 is 10.6. The van der Waals surface area contributed by atoms with E-state index in [-0.39, 0.29) is 0 Å². The van der Waals surface area contributed by atoms with E-state index in [9.17, 15) is 4.79 Å². The Balaban J connectivity index is 1.98. The molecule has 1 aromatic rings. The van der Waals surface area contributed by atoms with Crippen LogP contribution in [0.25, 0.3) is 5.57 Å². The molecular formula is C19H26N2O3. The van der Waals surface area contributed by atoms with E-state index in [1.54, 1.807) is 13.4 Å². The topological polar surface area (TPSA) is 51.1 Å². The number of rotatable bonds is 3. The first-order valence-electron chi connectivity index (χ1n) is 8.14. The standard InChI is InChI=1S/C19H26N2O3/c1-14-6-7-16(12-17(14)23-5)15-8-10-21(11-9-15)13-20-18(22)24-19(2,3)4/h6-8,12-13H,9-11H2,1-5H3. The number of ether oxygens (including phenoxy) is 2. The summed E-state index contributed by atoms with van der Waals surface area (Å²) in [4.78, 5) is 17.5. The lowest BCUT2D eigenvalue weighted by atomic mass is 9.98. The Bertz CT molecular complexity index is 657. The van der Waals surface area contributed by atoms with Gasteiger partial charge in [-0.3, -0.25) is 0 Å². The second-order valence-corrected chi connectivity index (χ2v) is 6.88. The molecule has 5 nitrogen and oxygen atoms in total. The minimum atomic E-state index is -0.555. The molecule has 0 atom stereocenters. The molecule has 0 bridgehead atoms. The highest BCUT2D eigenvalue weighted by atomic mass is 16.6. The summed E-state index contributed by atoms with van der Waals surface area (Å²) in [6, 6.07) is 6.27. The van der Waals surface area contributed by atoms with E-state index in [4.69, 9.17) is 9.47 Å². The number of hydrogen-bond acceptors (Lipinski definition) is 3. The lowest BCUT2D eigenvalue weighted by Gasteiger charge is -2.24. The van der Waals surface area contributed by atoms with Gasteiger partial charge in [0, 0.05) is 13.1 Å². The van der Waals surface area contributed by atoms with E-state index in [0.29, 0.717) is 0 Å². The average molecular weight is 330 g/mol. The minimum Gasteiger partial charge on any atom is -0.496 e. The number of hydrogen-bond donors (Lipinski definition) is 0. The maximum absolute atomic E-state index is 11.6. The lowest BCUT2D eigenvalue weighted by Crippen LogP contribution is -2.28. The van der Waals surface area contributed by atoms with E-state index in [1.807, 2.05) is 32.6 Å². The molecule has 0 saturated heterocycles. The molecule has 0 aromatic heterocycles. The van der Waals surface area contributed by atoms with Crippen LogP contribution in [-0.4, -0.2) is 43.1 Å². The zero-order chi connectivity index (χ0) is 17.7. The molecular weight excluding hydrogens is 304 g/mol. The number of methoxy groups -OCH3 is 1. The quantitative estimate of drug-likeness (QED) is 0.619. The van der Waals surface area contributed by atoms with Gasteiger partial charge in [-0.2, -0.15) is 4.99 Å². The normalized spacial score (nSPS) is 15.4. The summed E-state index contributed by atoms with van der Waals surface area (Å²) in [5.41, 5.74) is 3.08. The molecule has 1 heterocycles. The zero-order valence-electron chi connectivity index (χ0n) is 15.1. The fraction of sp³-hybridized carbons (Fsp3) is 0.474. The first-order chi connectivity index (χ1) is 11.3. The number of aryl methyl sites for hydroxylation is 1. The minimum absolute atomic E-state index is 0.520. The van der Waals surface area contributed by atoms with Crippen LogP contribution in [0.5, 0.6) is 5.75 Å². The van der Waals surface area contributed by atoms with E-state index < -0.39 is 11.7 Å². The molecule has 0 saturated carbocycles. The van der Waals surface area contributed by atoms with E-state index in [0.717, 1.165) is 30.8 Å². The van der Waals surface area contributed by atoms with Crippen LogP contribution in [0.2, 0.25) is 0 Å². The molecule has 0 N–H and O–H groups in total. The summed E-state index contributed by atoms with van der Waals surface area (Å²) in [7, 11) is 1.69. The summed E-state index contributed by atoms with van der Waals surface area (Å²) in [5.74, 6) is 0.905. The Morgan fingerprint density at radius 1 is 1.33 bits per heavy atom. The van der Waals surface area contributed by atoms with Gasteiger partial charge in [-0.1, -0.05) is 18.2 Å². The van der Waals surface area contributed by atoms with Crippen molar-refractivity contribution >= 4 is 18.0 Å². The summed E-state index contributed by atoms with van der Waals surface area (Å²) in [5, 5.41) is 0. The fourth-order valence-corrected chi connectivity index (χ4v) is 2.49. The Morgan fingerprint density at radius 2 is 2.08 bits per heavy atom. The van der Waals surface area contributed by atoms with Gasteiger partial charge < -0.3 is 14.4 Å². The largest absolute Gasteiger partial charge is 0.496 e. The SMILES string of the molecule is COc1cc(C2=CCN(C=NC(=O)OC(C)(C)C)CC2)ccc1C. The zero-order valence-corrected chi connectivity index (χ0v) is 15.1. The third kappa shape index (κ3) is 5.11. The molecule has 1 aliphatic heterocycles. The molecule has 0 aliphatic carbocycles. The van der Waals surface area contributed by atoms with Crippen LogP contribution >= 0.6 is 0 Å². The molecule has 130 valence electrons. The molecule has 1 aliphatic rings. The Morgan fingerprint density at radius 3 is 2.67 bits per heavy atom. The average Bonchev–Trinajstić information content (AvgIpc) is 2.52. The van der Waals surface area contributed by atoms with Gasteiger partial charge in [0.15, 0.2) is 0 Å². The van der Waals surface area contributed by atoms with Crippen molar-refractivity contribution in [3.8, 4) is 5.75 Å². The van der Waals surface area contributed by atoms with Gasteiger partial charge in [0.2, 0.25) is 0 Å². The van der Waals surface area contributed by atoms with Gasteiger partial charge in [0.1, 0.15) is 11.4 Å². The van der Waals surface area contributed by atoms with Crippen molar-refractivity contribution in [1.82, 2.24) is 4.90 Å². The number of benzene rings is 1. The molecule has 0 fully saturated rings. The molecule has 0 spiro atoms. The fourth-order valence-electron chi connectivity index (χ4n) is 2.49. The maximum Gasteiger partial charge on any atom is 0.435 e. The Hall–Kier alpha value is -2.30. The Kier molecular flexibility index (Phi) is 5.65. The van der Waals surface area contributed by atoms with Gasteiger partial charge in [-0.15, -0.1) is 0 Å². The van der Waals surface area contributed by atoms with E-state index in [2.05, 4.69) is 29.3 Å². The third-order valence-corrected chi connectivity index (χ3v) is 3.74. The van der Waals surface area contributed by atoms with Gasteiger partial charge in [-0.05, 0) is 56.9 Å². The number of nitrogens with zero attached hydrogens (tertiary/aromatic N) is 2. The van der Waals surface area contributed by atoms with Crippen LogP contribution in [0.15, 0.2) is 29.3 Å². The summed E-state index contributed by atoms with van der Waals surface area (Å²) >= 11 is 0. The van der Waals surface area contributed by atoms with Gasteiger partial charge in [0.05, 0.1) is 13.4 Å². The van der Waals surface area contributed by atoms with Crippen molar-refractivity contribution in [1.29, 1.82) is 0 Å². The molecule has 0 radical (unpaired) electrons. The number of carbonyl (C=O) groups is 1. The second-order valence-electron chi connectivity index (χ2n) is 6.88. The smallest absolute Gasteiger partial charge is 0.435 e. The van der Waals surface area contributed by atoms with Crippen LogP contribution in [-0.2, 0) is 4.74 Å². The molecule has 1 amide bonds. The predicted molar refractivity (Wildman–Crippen MR) is 96.6 cm³/mol. The molecule has 2 rings (SSSR count). The number of amides is 1. The van der Waals surface area contributed by atoms with Crippen molar-refractivity contribution in [2.75, 3.05) is 20.2 Å². The van der Waals surface area contributed by atoms with Crippen molar-refractivity contribution in [2.24, 2.45) is 4.99 Å². The molecule has 0 unspecified atom stereocenters. The van der Waals surface area contributed by atoms with Crippen LogP contribution in [0.1, 0.15) is 38.3 Å². The highest BCUT2D eigenvalue weighted by molar-refractivity contribution is 5.79.